The second-order valence-electron chi connectivity index (χ2n) is 5.93. The number of nitrogens with two attached hydrogens (primary N) is 1. The van der Waals surface area contributed by atoms with E-state index in [1.54, 1.807) is 10.6 Å². The summed E-state index contributed by atoms with van der Waals surface area (Å²) in [5.74, 6) is 0.515. The van der Waals surface area contributed by atoms with Crippen LogP contribution in [-0.4, -0.2) is 20.7 Å². The van der Waals surface area contributed by atoms with Crippen molar-refractivity contribution in [1.29, 1.82) is 0 Å². The van der Waals surface area contributed by atoms with Crippen molar-refractivity contribution in [2.24, 2.45) is 5.73 Å². The van der Waals surface area contributed by atoms with Gasteiger partial charge in [-0.3, -0.25) is 4.79 Å². The molecule has 2 heterocycles. The van der Waals surface area contributed by atoms with E-state index in [9.17, 15) is 4.79 Å². The third-order valence-corrected chi connectivity index (χ3v) is 4.57. The molecule has 0 aromatic carbocycles. The Morgan fingerprint density at radius 2 is 2.05 bits per heavy atom. The van der Waals surface area contributed by atoms with Gasteiger partial charge in [0.1, 0.15) is 5.65 Å². The van der Waals surface area contributed by atoms with E-state index in [4.69, 9.17) is 5.73 Å². The minimum absolute atomic E-state index is 0.0415. The van der Waals surface area contributed by atoms with Crippen LogP contribution in [-0.2, 0) is 13.0 Å². The molecule has 1 fully saturated rings. The quantitative estimate of drug-likeness (QED) is 0.936. The van der Waals surface area contributed by atoms with Crippen LogP contribution >= 0.6 is 0 Å². The van der Waals surface area contributed by atoms with Crippen LogP contribution in [0, 0.1) is 0 Å². The third kappa shape index (κ3) is 2.62. The van der Waals surface area contributed by atoms with Crippen molar-refractivity contribution in [3.05, 3.63) is 33.9 Å². The Kier molecular flexibility index (Phi) is 4.10. The molecule has 114 valence electrons. The number of fused-ring (bicyclic) bond motifs is 1. The number of rotatable bonds is 4. The van der Waals surface area contributed by atoms with Gasteiger partial charge in [-0.2, -0.15) is 9.61 Å². The van der Waals surface area contributed by atoms with E-state index in [-0.39, 0.29) is 5.56 Å². The Balaban J connectivity index is 2.10. The van der Waals surface area contributed by atoms with E-state index >= 15 is 0 Å². The topological polar surface area (TPSA) is 65.3 Å². The van der Waals surface area contributed by atoms with Crippen molar-refractivity contribution in [1.82, 2.24) is 14.2 Å². The van der Waals surface area contributed by atoms with Gasteiger partial charge in [-0.1, -0.05) is 19.3 Å². The normalized spacial score (nSPS) is 16.7. The third-order valence-electron chi connectivity index (χ3n) is 4.57. The molecule has 1 aliphatic carbocycles. The van der Waals surface area contributed by atoms with Crippen LogP contribution in [0.25, 0.3) is 5.65 Å². The van der Waals surface area contributed by atoms with Crippen molar-refractivity contribution in [2.75, 3.05) is 6.54 Å². The van der Waals surface area contributed by atoms with E-state index in [1.807, 2.05) is 0 Å². The molecule has 2 aromatic rings. The van der Waals surface area contributed by atoms with E-state index in [1.165, 1.54) is 32.1 Å². The molecule has 21 heavy (non-hydrogen) atoms. The molecule has 0 radical (unpaired) electrons. The molecule has 0 aliphatic heterocycles. The molecule has 2 aromatic heterocycles. The van der Waals surface area contributed by atoms with E-state index < -0.39 is 0 Å². The van der Waals surface area contributed by atoms with Crippen molar-refractivity contribution in [2.45, 2.75) is 57.9 Å². The lowest BCUT2D eigenvalue weighted by atomic mass is 9.87. The zero-order valence-corrected chi connectivity index (χ0v) is 12.7. The van der Waals surface area contributed by atoms with Gasteiger partial charge in [0, 0.05) is 36.7 Å². The summed E-state index contributed by atoms with van der Waals surface area (Å²) in [4.78, 5) is 12.3. The van der Waals surface area contributed by atoms with E-state index in [2.05, 4.69) is 22.7 Å². The summed E-state index contributed by atoms with van der Waals surface area (Å²) in [5.41, 5.74) is 8.62. The van der Waals surface area contributed by atoms with Crippen LogP contribution in [0.1, 0.15) is 56.3 Å². The van der Waals surface area contributed by atoms with Crippen LogP contribution in [0.4, 0.5) is 0 Å². The SMILES string of the molecule is CCn1c(CCN)cc(=O)n2nc(C3CCCCC3)cc12. The average Bonchev–Trinajstić information content (AvgIpc) is 2.94. The lowest BCUT2D eigenvalue weighted by Crippen LogP contribution is -2.22. The van der Waals surface area contributed by atoms with Gasteiger partial charge < -0.3 is 10.3 Å². The van der Waals surface area contributed by atoms with Gasteiger partial charge in [-0.15, -0.1) is 0 Å². The Morgan fingerprint density at radius 3 is 2.71 bits per heavy atom. The maximum atomic E-state index is 12.3. The molecule has 0 atom stereocenters. The number of hydrogen-bond donors (Lipinski definition) is 1. The molecule has 5 nitrogen and oxygen atoms in total. The molecule has 0 spiro atoms. The van der Waals surface area contributed by atoms with Crippen LogP contribution in [0.5, 0.6) is 0 Å². The molecule has 5 heteroatoms. The zero-order chi connectivity index (χ0) is 14.8. The molecular formula is C16H24N4O. The Bertz CT molecular complexity index is 679. The maximum Gasteiger partial charge on any atom is 0.274 e. The van der Waals surface area contributed by atoms with Gasteiger partial charge in [-0.25, -0.2) is 0 Å². The van der Waals surface area contributed by atoms with Crippen LogP contribution in [0.15, 0.2) is 16.9 Å². The fourth-order valence-corrected chi connectivity index (χ4v) is 3.49. The second kappa shape index (κ2) is 6.02. The first-order valence-electron chi connectivity index (χ1n) is 8.07. The van der Waals surface area contributed by atoms with Crippen molar-refractivity contribution < 1.29 is 0 Å². The van der Waals surface area contributed by atoms with Crippen molar-refractivity contribution in [3.8, 4) is 0 Å². The summed E-state index contributed by atoms with van der Waals surface area (Å²) in [6.07, 6.45) is 6.99. The number of aromatic nitrogens is 3. The van der Waals surface area contributed by atoms with Crippen molar-refractivity contribution in [3.63, 3.8) is 0 Å². The lowest BCUT2D eigenvalue weighted by Gasteiger charge is -2.18. The average molecular weight is 288 g/mol. The first-order chi connectivity index (χ1) is 10.2. The van der Waals surface area contributed by atoms with E-state index in [0.29, 0.717) is 12.5 Å². The van der Waals surface area contributed by atoms with Gasteiger partial charge in [0.2, 0.25) is 0 Å². The highest BCUT2D eigenvalue weighted by Gasteiger charge is 2.20. The summed E-state index contributed by atoms with van der Waals surface area (Å²) < 4.78 is 3.72. The Labute approximate surface area is 124 Å². The predicted molar refractivity (Wildman–Crippen MR) is 83.7 cm³/mol. The van der Waals surface area contributed by atoms with Gasteiger partial charge in [-0.05, 0) is 26.3 Å². The molecule has 1 aliphatic rings. The lowest BCUT2D eigenvalue weighted by molar-refractivity contribution is 0.435. The highest BCUT2D eigenvalue weighted by atomic mass is 16.1. The number of hydrogen-bond acceptors (Lipinski definition) is 3. The highest BCUT2D eigenvalue weighted by Crippen LogP contribution is 2.32. The van der Waals surface area contributed by atoms with Gasteiger partial charge in [0.25, 0.3) is 5.56 Å². The number of nitrogens with zero attached hydrogens (tertiary/aromatic N) is 3. The largest absolute Gasteiger partial charge is 0.330 e. The van der Waals surface area contributed by atoms with Crippen molar-refractivity contribution >= 4 is 5.65 Å². The highest BCUT2D eigenvalue weighted by molar-refractivity contribution is 5.43. The summed E-state index contributed by atoms with van der Waals surface area (Å²) >= 11 is 0. The van der Waals surface area contributed by atoms with Crippen LogP contribution in [0.2, 0.25) is 0 Å². The van der Waals surface area contributed by atoms with Crippen LogP contribution < -0.4 is 11.3 Å². The molecule has 2 N–H and O–H groups in total. The first-order valence-corrected chi connectivity index (χ1v) is 8.07. The summed E-state index contributed by atoms with van der Waals surface area (Å²) in [7, 11) is 0. The van der Waals surface area contributed by atoms with E-state index in [0.717, 1.165) is 30.0 Å². The fourth-order valence-electron chi connectivity index (χ4n) is 3.49. The van der Waals surface area contributed by atoms with Gasteiger partial charge in [0.05, 0.1) is 5.69 Å². The summed E-state index contributed by atoms with van der Waals surface area (Å²) in [5, 5.41) is 4.60. The maximum absolute atomic E-state index is 12.3. The first kappa shape index (κ1) is 14.3. The molecule has 0 unspecified atom stereocenters. The summed E-state index contributed by atoms with van der Waals surface area (Å²) in [6, 6.07) is 3.79. The summed E-state index contributed by atoms with van der Waals surface area (Å²) in [6.45, 7) is 3.48. The Hall–Kier alpha value is -1.62. The molecule has 0 amide bonds. The molecule has 1 saturated carbocycles. The van der Waals surface area contributed by atoms with Crippen LogP contribution in [0.3, 0.4) is 0 Å². The minimum atomic E-state index is -0.0415. The monoisotopic (exact) mass is 288 g/mol. The zero-order valence-electron chi connectivity index (χ0n) is 12.7. The molecule has 0 saturated heterocycles. The second-order valence-corrected chi connectivity index (χ2v) is 5.93. The minimum Gasteiger partial charge on any atom is -0.330 e. The smallest absolute Gasteiger partial charge is 0.274 e. The molecular weight excluding hydrogens is 264 g/mol. The standard InChI is InChI=1S/C16H24N4O/c1-2-19-13(8-9-17)10-16(21)20-15(19)11-14(18-20)12-6-4-3-5-7-12/h10-12H,2-9,17H2,1H3. The number of aryl methyl sites for hydroxylation is 1. The fraction of sp³-hybridized carbons (Fsp3) is 0.625. The molecule has 0 bridgehead atoms. The Morgan fingerprint density at radius 1 is 1.29 bits per heavy atom. The molecule has 3 rings (SSSR count). The van der Waals surface area contributed by atoms with Gasteiger partial charge in [0.15, 0.2) is 0 Å². The predicted octanol–water partition coefficient (Wildman–Crippen LogP) is 2.06. The van der Waals surface area contributed by atoms with Gasteiger partial charge >= 0.3 is 0 Å².